The van der Waals surface area contributed by atoms with Crippen molar-refractivity contribution in [2.75, 3.05) is 24.6 Å². The molecule has 1 aliphatic heterocycles. The molecule has 0 radical (unpaired) electrons. The Morgan fingerprint density at radius 2 is 2.10 bits per heavy atom. The monoisotopic (exact) mass is 308 g/mol. The summed E-state index contributed by atoms with van der Waals surface area (Å²) in [6, 6.07) is 8.31. The van der Waals surface area contributed by atoms with Crippen LogP contribution in [0.2, 0.25) is 0 Å². The highest BCUT2D eigenvalue weighted by Gasteiger charge is 2.19. The van der Waals surface area contributed by atoms with Gasteiger partial charge in [-0.25, -0.2) is 4.79 Å². The molecule has 0 saturated carbocycles. The normalized spacial score (nSPS) is 14.7. The fourth-order valence-corrected chi connectivity index (χ4v) is 3.22. The zero-order chi connectivity index (χ0) is 15.3. The van der Waals surface area contributed by atoms with Gasteiger partial charge in [0.15, 0.2) is 0 Å². The van der Waals surface area contributed by atoms with Crippen LogP contribution in [-0.4, -0.2) is 46.2 Å². The number of fused-ring (bicyclic) bond motifs is 1. The lowest BCUT2D eigenvalue weighted by molar-refractivity contribution is 0.107. The van der Waals surface area contributed by atoms with Crippen LogP contribution in [0.15, 0.2) is 24.3 Å². The Morgan fingerprint density at radius 1 is 1.38 bits per heavy atom. The number of amides is 2. The average molecular weight is 308 g/mol. The summed E-state index contributed by atoms with van der Waals surface area (Å²) in [4.78, 5) is 14.0. The molecule has 0 aromatic heterocycles. The van der Waals surface area contributed by atoms with Crippen LogP contribution in [0.5, 0.6) is 0 Å². The molecule has 0 aliphatic carbocycles. The highest BCUT2D eigenvalue weighted by molar-refractivity contribution is 7.99. The summed E-state index contributed by atoms with van der Waals surface area (Å²) < 4.78 is 0. The lowest BCUT2D eigenvalue weighted by Crippen LogP contribution is -2.43. The number of carbonyl (C=O) groups excluding carboxylic acids is 1. The van der Waals surface area contributed by atoms with Crippen molar-refractivity contribution in [3.63, 3.8) is 0 Å². The fourth-order valence-electron chi connectivity index (χ4n) is 2.33. The molecule has 1 aliphatic rings. The molecule has 1 heterocycles. The molecule has 0 unspecified atom stereocenters. The van der Waals surface area contributed by atoms with Crippen LogP contribution in [-0.2, 0) is 13.0 Å². The summed E-state index contributed by atoms with van der Waals surface area (Å²) in [6.07, 6.45) is 0.928. The van der Waals surface area contributed by atoms with Crippen molar-refractivity contribution in [1.29, 1.82) is 0 Å². The second-order valence-electron chi connectivity index (χ2n) is 6.04. The zero-order valence-corrected chi connectivity index (χ0v) is 13.6. The van der Waals surface area contributed by atoms with E-state index in [1.165, 1.54) is 11.1 Å². The number of carbonyl (C=O) groups is 1. The van der Waals surface area contributed by atoms with E-state index in [2.05, 4.69) is 23.5 Å². The van der Waals surface area contributed by atoms with E-state index in [-0.39, 0.29) is 6.03 Å². The third-order valence-electron chi connectivity index (χ3n) is 3.40. The van der Waals surface area contributed by atoms with Gasteiger partial charge in [-0.3, -0.25) is 0 Å². The van der Waals surface area contributed by atoms with E-state index >= 15 is 0 Å². The fraction of sp³-hybridized carbons (Fsp3) is 0.562. The molecule has 116 valence electrons. The minimum atomic E-state index is -0.648. The number of nitrogens with zero attached hydrogens (tertiary/aromatic N) is 1. The molecule has 1 aromatic carbocycles. The van der Waals surface area contributed by atoms with Gasteiger partial charge in [0.25, 0.3) is 0 Å². The van der Waals surface area contributed by atoms with Gasteiger partial charge in [-0.2, -0.15) is 11.8 Å². The number of hydrogen-bond donors (Lipinski definition) is 2. The molecule has 5 heteroatoms. The number of aliphatic hydroxyl groups is 1. The first kappa shape index (κ1) is 16.2. The van der Waals surface area contributed by atoms with Gasteiger partial charge in [-0.05, 0) is 31.4 Å². The molecule has 0 bridgehead atoms. The van der Waals surface area contributed by atoms with Gasteiger partial charge >= 0.3 is 6.03 Å². The molecule has 1 aromatic rings. The van der Waals surface area contributed by atoms with Crippen LogP contribution in [0.4, 0.5) is 4.79 Å². The summed E-state index contributed by atoms with van der Waals surface area (Å²) in [5.41, 5.74) is 1.95. The van der Waals surface area contributed by atoms with Crippen molar-refractivity contribution in [3.05, 3.63) is 35.4 Å². The molecule has 0 spiro atoms. The first-order valence-corrected chi connectivity index (χ1v) is 8.51. The number of urea groups is 1. The smallest absolute Gasteiger partial charge is 0.317 e. The summed E-state index contributed by atoms with van der Waals surface area (Å²) in [7, 11) is 0. The Kier molecular flexibility index (Phi) is 5.53. The van der Waals surface area contributed by atoms with Gasteiger partial charge in [0.1, 0.15) is 0 Å². The molecule has 2 N–H and O–H groups in total. The van der Waals surface area contributed by atoms with Gasteiger partial charge in [0.2, 0.25) is 0 Å². The zero-order valence-electron chi connectivity index (χ0n) is 12.8. The van der Waals surface area contributed by atoms with Crippen molar-refractivity contribution in [2.45, 2.75) is 32.4 Å². The van der Waals surface area contributed by atoms with Crippen LogP contribution in [0.25, 0.3) is 0 Å². The van der Waals surface area contributed by atoms with Crippen molar-refractivity contribution >= 4 is 17.8 Å². The van der Waals surface area contributed by atoms with E-state index in [0.29, 0.717) is 18.8 Å². The maximum absolute atomic E-state index is 12.1. The van der Waals surface area contributed by atoms with Crippen LogP contribution in [0, 0.1) is 0 Å². The largest absolute Gasteiger partial charge is 0.390 e. The molecular formula is C16H24N2O2S. The summed E-state index contributed by atoms with van der Waals surface area (Å²) in [6.45, 7) is 5.70. The number of benzene rings is 1. The van der Waals surface area contributed by atoms with E-state index in [4.69, 9.17) is 0 Å². The molecular weight excluding hydrogens is 284 g/mol. The van der Waals surface area contributed by atoms with E-state index in [1.807, 2.05) is 11.0 Å². The Hall–Kier alpha value is -1.20. The Balaban J connectivity index is 1.70. The highest BCUT2D eigenvalue weighted by Crippen LogP contribution is 2.18. The van der Waals surface area contributed by atoms with Gasteiger partial charge in [0.05, 0.1) is 5.60 Å². The maximum Gasteiger partial charge on any atom is 0.317 e. The third-order valence-corrected chi connectivity index (χ3v) is 4.80. The topological polar surface area (TPSA) is 52.6 Å². The first-order valence-electron chi connectivity index (χ1n) is 7.35. The third kappa shape index (κ3) is 5.25. The molecule has 4 nitrogen and oxygen atoms in total. The van der Waals surface area contributed by atoms with Crippen LogP contribution >= 0.6 is 11.8 Å². The van der Waals surface area contributed by atoms with Crippen molar-refractivity contribution in [2.24, 2.45) is 0 Å². The van der Waals surface area contributed by atoms with Gasteiger partial charge < -0.3 is 15.3 Å². The summed E-state index contributed by atoms with van der Waals surface area (Å²) >= 11 is 1.65. The molecule has 21 heavy (non-hydrogen) atoms. The number of thioether (sulfide) groups is 1. The van der Waals surface area contributed by atoms with E-state index in [0.717, 1.165) is 18.7 Å². The van der Waals surface area contributed by atoms with Gasteiger partial charge in [-0.1, -0.05) is 24.3 Å². The SMILES string of the molecule is CC(C)(O)CSCCNC(=O)N1CCc2ccccc2C1. The molecule has 0 atom stereocenters. The Labute approximate surface area is 130 Å². The second-order valence-corrected chi connectivity index (χ2v) is 7.14. The Bertz CT molecular complexity index is 485. The number of rotatable bonds is 5. The maximum atomic E-state index is 12.1. The molecule has 0 fully saturated rings. The standard InChI is InChI=1S/C16H24N2O2S/c1-16(2,20)12-21-10-8-17-15(19)18-9-7-13-5-3-4-6-14(13)11-18/h3-6,20H,7-12H2,1-2H3,(H,17,19). The number of nitrogens with one attached hydrogen (secondary N) is 1. The Morgan fingerprint density at radius 3 is 2.81 bits per heavy atom. The van der Waals surface area contributed by atoms with Crippen molar-refractivity contribution in [3.8, 4) is 0 Å². The summed E-state index contributed by atoms with van der Waals surface area (Å²) in [5, 5.41) is 12.6. The van der Waals surface area contributed by atoms with E-state index in [9.17, 15) is 9.90 Å². The van der Waals surface area contributed by atoms with Gasteiger partial charge in [0, 0.05) is 31.1 Å². The lowest BCUT2D eigenvalue weighted by Gasteiger charge is -2.29. The highest BCUT2D eigenvalue weighted by atomic mass is 32.2. The first-order chi connectivity index (χ1) is 9.96. The van der Waals surface area contributed by atoms with Crippen molar-refractivity contribution in [1.82, 2.24) is 10.2 Å². The molecule has 2 amide bonds. The number of hydrogen-bond acceptors (Lipinski definition) is 3. The summed E-state index contributed by atoms with van der Waals surface area (Å²) in [5.74, 6) is 1.50. The molecule has 2 rings (SSSR count). The average Bonchev–Trinajstić information content (AvgIpc) is 2.45. The second kappa shape index (κ2) is 7.18. The minimum Gasteiger partial charge on any atom is -0.390 e. The van der Waals surface area contributed by atoms with E-state index < -0.39 is 5.60 Å². The van der Waals surface area contributed by atoms with Gasteiger partial charge in [-0.15, -0.1) is 0 Å². The van der Waals surface area contributed by atoms with Crippen LogP contribution < -0.4 is 5.32 Å². The van der Waals surface area contributed by atoms with E-state index in [1.54, 1.807) is 25.6 Å². The lowest BCUT2D eigenvalue weighted by atomic mass is 10.0. The minimum absolute atomic E-state index is 0.00774. The predicted molar refractivity (Wildman–Crippen MR) is 87.6 cm³/mol. The van der Waals surface area contributed by atoms with Crippen LogP contribution in [0.1, 0.15) is 25.0 Å². The van der Waals surface area contributed by atoms with Crippen LogP contribution in [0.3, 0.4) is 0 Å². The predicted octanol–water partition coefficient (Wildman–Crippen LogP) is 2.26. The van der Waals surface area contributed by atoms with Crippen molar-refractivity contribution < 1.29 is 9.90 Å². The quantitative estimate of drug-likeness (QED) is 0.820. The molecule has 0 saturated heterocycles.